The largest absolute Gasteiger partial charge is 0.472 e. The van der Waals surface area contributed by atoms with Crippen LogP contribution in [0.3, 0.4) is 0 Å². The van der Waals surface area contributed by atoms with Crippen molar-refractivity contribution in [3.63, 3.8) is 0 Å². The number of anilines is 1. The molecule has 0 aromatic carbocycles. The van der Waals surface area contributed by atoms with Crippen molar-refractivity contribution in [1.29, 1.82) is 0 Å². The van der Waals surface area contributed by atoms with E-state index in [0.717, 1.165) is 24.2 Å². The van der Waals surface area contributed by atoms with Crippen molar-refractivity contribution in [2.45, 2.75) is 19.9 Å². The highest BCUT2D eigenvalue weighted by Gasteiger charge is 2.06. The number of pyridine rings is 1. The zero-order valence-electron chi connectivity index (χ0n) is 10.8. The fraction of sp³-hybridized carbons (Fsp3) is 0.286. The van der Waals surface area contributed by atoms with Gasteiger partial charge in [-0.3, -0.25) is 4.79 Å². The van der Waals surface area contributed by atoms with Crippen LogP contribution in [0.15, 0.2) is 41.3 Å². The predicted molar refractivity (Wildman–Crippen MR) is 72.9 cm³/mol. The van der Waals surface area contributed by atoms with Crippen molar-refractivity contribution >= 4 is 11.6 Å². The van der Waals surface area contributed by atoms with Gasteiger partial charge in [-0.1, -0.05) is 6.92 Å². The Bertz CT molecular complexity index is 506. The molecule has 2 aromatic heterocycles. The summed E-state index contributed by atoms with van der Waals surface area (Å²) < 4.78 is 4.93. The number of aromatic nitrogens is 1. The molecular weight excluding hydrogens is 242 g/mol. The molecule has 0 fully saturated rings. The summed E-state index contributed by atoms with van der Waals surface area (Å²) >= 11 is 0. The lowest BCUT2D eigenvalue weighted by molar-refractivity contribution is 0.0946. The van der Waals surface area contributed by atoms with E-state index in [9.17, 15) is 4.79 Å². The molecule has 2 N–H and O–H groups in total. The first-order chi connectivity index (χ1) is 9.29. The number of amides is 1. The lowest BCUT2D eigenvalue weighted by atomic mass is 10.3. The van der Waals surface area contributed by atoms with Crippen molar-refractivity contribution in [2.24, 2.45) is 0 Å². The third-order valence-corrected chi connectivity index (χ3v) is 2.61. The first-order valence-corrected chi connectivity index (χ1v) is 6.29. The number of furan rings is 1. The third kappa shape index (κ3) is 3.84. The normalized spacial score (nSPS) is 10.2. The van der Waals surface area contributed by atoms with Crippen molar-refractivity contribution in [3.8, 4) is 0 Å². The number of hydrogen-bond acceptors (Lipinski definition) is 4. The fourth-order valence-corrected chi connectivity index (χ4v) is 1.57. The Morgan fingerprint density at radius 3 is 2.89 bits per heavy atom. The lowest BCUT2D eigenvalue weighted by Gasteiger charge is -2.06. The number of nitrogens with zero attached hydrogens (tertiary/aromatic N) is 1. The van der Waals surface area contributed by atoms with Crippen molar-refractivity contribution in [1.82, 2.24) is 10.3 Å². The summed E-state index contributed by atoms with van der Waals surface area (Å²) in [4.78, 5) is 16.0. The maximum atomic E-state index is 11.8. The monoisotopic (exact) mass is 259 g/mol. The van der Waals surface area contributed by atoms with Gasteiger partial charge < -0.3 is 15.1 Å². The van der Waals surface area contributed by atoms with E-state index in [-0.39, 0.29) is 5.91 Å². The highest BCUT2D eigenvalue weighted by Crippen LogP contribution is 2.06. The molecule has 5 nitrogen and oxygen atoms in total. The van der Waals surface area contributed by atoms with Gasteiger partial charge in [0.1, 0.15) is 5.69 Å². The molecule has 0 bridgehead atoms. The standard InChI is InChI=1S/C14H17N3O2/c1-2-6-15-12-3-4-13(16-9-12)14(18)17-8-11-5-7-19-10-11/h3-5,7,9-10,15H,2,6,8H2,1H3,(H,17,18). The zero-order chi connectivity index (χ0) is 13.5. The average molecular weight is 259 g/mol. The minimum Gasteiger partial charge on any atom is -0.472 e. The van der Waals surface area contributed by atoms with Crippen LogP contribution in [-0.2, 0) is 6.54 Å². The zero-order valence-corrected chi connectivity index (χ0v) is 10.8. The van der Waals surface area contributed by atoms with Crippen molar-refractivity contribution in [2.75, 3.05) is 11.9 Å². The van der Waals surface area contributed by atoms with Crippen LogP contribution < -0.4 is 10.6 Å². The van der Waals surface area contributed by atoms with Gasteiger partial charge in [-0.25, -0.2) is 4.98 Å². The van der Waals surface area contributed by atoms with Crippen LogP contribution in [0.1, 0.15) is 29.4 Å². The molecule has 0 aliphatic heterocycles. The van der Waals surface area contributed by atoms with E-state index in [2.05, 4.69) is 22.5 Å². The summed E-state index contributed by atoms with van der Waals surface area (Å²) in [5.74, 6) is -0.191. The molecule has 0 saturated heterocycles. The molecule has 100 valence electrons. The number of hydrogen-bond donors (Lipinski definition) is 2. The minimum atomic E-state index is -0.191. The van der Waals surface area contributed by atoms with Crippen molar-refractivity contribution in [3.05, 3.63) is 48.2 Å². The van der Waals surface area contributed by atoms with Gasteiger partial charge in [-0.05, 0) is 24.6 Å². The first-order valence-electron chi connectivity index (χ1n) is 6.29. The van der Waals surface area contributed by atoms with E-state index < -0.39 is 0 Å². The Hall–Kier alpha value is -2.30. The van der Waals surface area contributed by atoms with E-state index >= 15 is 0 Å². The van der Waals surface area contributed by atoms with Crippen molar-refractivity contribution < 1.29 is 9.21 Å². The number of carbonyl (C=O) groups is 1. The minimum absolute atomic E-state index is 0.191. The van der Waals surface area contributed by atoms with Gasteiger partial charge >= 0.3 is 0 Å². The highest BCUT2D eigenvalue weighted by molar-refractivity contribution is 5.92. The average Bonchev–Trinajstić information content (AvgIpc) is 2.96. The molecule has 1 amide bonds. The number of nitrogens with one attached hydrogen (secondary N) is 2. The second-order valence-electron chi connectivity index (χ2n) is 4.17. The van der Waals surface area contributed by atoms with Crippen LogP contribution in [0.25, 0.3) is 0 Å². The topological polar surface area (TPSA) is 67.2 Å². The highest BCUT2D eigenvalue weighted by atomic mass is 16.3. The number of carbonyl (C=O) groups excluding carboxylic acids is 1. The summed E-state index contributed by atoms with van der Waals surface area (Å²) in [7, 11) is 0. The maximum Gasteiger partial charge on any atom is 0.270 e. The Kier molecular flexibility index (Phi) is 4.55. The maximum absolute atomic E-state index is 11.8. The Morgan fingerprint density at radius 2 is 2.26 bits per heavy atom. The van der Waals surface area contributed by atoms with Crippen LogP contribution in [0.4, 0.5) is 5.69 Å². The number of rotatable bonds is 6. The van der Waals surface area contributed by atoms with E-state index in [0.29, 0.717) is 12.2 Å². The molecule has 5 heteroatoms. The SMILES string of the molecule is CCCNc1ccc(C(=O)NCc2ccoc2)nc1. The van der Waals surface area contributed by atoms with E-state index in [1.165, 1.54) is 0 Å². The smallest absolute Gasteiger partial charge is 0.270 e. The Balaban J connectivity index is 1.88. The molecule has 0 aliphatic rings. The molecule has 0 aliphatic carbocycles. The van der Waals surface area contributed by atoms with Gasteiger partial charge in [0.15, 0.2) is 0 Å². The quantitative estimate of drug-likeness (QED) is 0.836. The molecule has 0 radical (unpaired) electrons. The van der Waals surface area contributed by atoms with Gasteiger partial charge in [0.25, 0.3) is 5.91 Å². The molecule has 0 spiro atoms. The van der Waals surface area contributed by atoms with E-state index in [1.807, 2.05) is 12.1 Å². The first kappa shape index (κ1) is 13.1. The molecule has 19 heavy (non-hydrogen) atoms. The summed E-state index contributed by atoms with van der Waals surface area (Å²) in [6.07, 6.45) is 5.90. The van der Waals surface area contributed by atoms with Gasteiger partial charge in [0.05, 0.1) is 24.4 Å². The Labute approximate surface area is 112 Å². The molecule has 2 aromatic rings. The summed E-state index contributed by atoms with van der Waals surface area (Å²) in [5, 5.41) is 5.99. The molecule has 2 heterocycles. The second kappa shape index (κ2) is 6.58. The van der Waals surface area contributed by atoms with Gasteiger partial charge in [0, 0.05) is 18.7 Å². The van der Waals surface area contributed by atoms with Crippen LogP contribution in [-0.4, -0.2) is 17.4 Å². The van der Waals surface area contributed by atoms with Gasteiger partial charge in [-0.2, -0.15) is 0 Å². The molecule has 0 unspecified atom stereocenters. The predicted octanol–water partition coefficient (Wildman–Crippen LogP) is 2.43. The Morgan fingerprint density at radius 1 is 1.37 bits per heavy atom. The molecule has 0 saturated carbocycles. The van der Waals surface area contributed by atoms with Gasteiger partial charge in [-0.15, -0.1) is 0 Å². The summed E-state index contributed by atoms with van der Waals surface area (Å²) in [6.45, 7) is 3.43. The summed E-state index contributed by atoms with van der Waals surface area (Å²) in [5.41, 5.74) is 2.26. The summed E-state index contributed by atoms with van der Waals surface area (Å²) in [6, 6.07) is 5.38. The van der Waals surface area contributed by atoms with E-state index in [4.69, 9.17) is 4.42 Å². The fourth-order valence-electron chi connectivity index (χ4n) is 1.57. The van der Waals surface area contributed by atoms with Crippen LogP contribution >= 0.6 is 0 Å². The van der Waals surface area contributed by atoms with Crippen LogP contribution in [0, 0.1) is 0 Å². The molecule has 2 rings (SSSR count). The second-order valence-corrected chi connectivity index (χ2v) is 4.17. The third-order valence-electron chi connectivity index (χ3n) is 2.61. The molecular formula is C14H17N3O2. The van der Waals surface area contributed by atoms with Crippen LogP contribution in [0.2, 0.25) is 0 Å². The molecule has 0 atom stereocenters. The van der Waals surface area contributed by atoms with E-state index in [1.54, 1.807) is 24.8 Å². The lowest BCUT2D eigenvalue weighted by Crippen LogP contribution is -2.23. The van der Waals surface area contributed by atoms with Crippen LogP contribution in [0.5, 0.6) is 0 Å². The van der Waals surface area contributed by atoms with Gasteiger partial charge in [0.2, 0.25) is 0 Å².